The molecule has 1 aromatic rings. The van der Waals surface area contributed by atoms with E-state index < -0.39 is 15.6 Å². The van der Waals surface area contributed by atoms with Crippen LogP contribution in [-0.4, -0.2) is 24.2 Å². The number of aliphatic hydroxyl groups excluding tert-OH is 1. The minimum atomic E-state index is -4.50. The lowest BCUT2D eigenvalue weighted by molar-refractivity contribution is 0.231. The molecule has 0 saturated heterocycles. The van der Waals surface area contributed by atoms with Crippen molar-refractivity contribution in [2.45, 2.75) is 25.4 Å². The number of aliphatic hydroxyl groups is 1. The van der Waals surface area contributed by atoms with Crippen molar-refractivity contribution in [3.8, 4) is 5.75 Å². The molecule has 0 fully saturated rings. The van der Waals surface area contributed by atoms with E-state index in [-0.39, 0.29) is 11.7 Å². The second-order valence-corrected chi connectivity index (χ2v) is 5.08. The second-order valence-electron chi connectivity index (χ2n) is 3.61. The van der Waals surface area contributed by atoms with Crippen molar-refractivity contribution in [1.82, 2.24) is 0 Å². The zero-order valence-electron chi connectivity index (χ0n) is 8.99. The molecule has 16 heavy (non-hydrogen) atoms. The zero-order valence-corrected chi connectivity index (χ0v) is 9.81. The van der Waals surface area contributed by atoms with Crippen LogP contribution in [0.15, 0.2) is 24.3 Å². The summed E-state index contributed by atoms with van der Waals surface area (Å²) in [7, 11) is -4.50. The molecule has 0 radical (unpaired) electrons. The van der Waals surface area contributed by atoms with Gasteiger partial charge >= 0.3 is 0 Å². The molecule has 0 aliphatic rings. The summed E-state index contributed by atoms with van der Waals surface area (Å²) in [5.41, 5.74) is -1.87. The van der Waals surface area contributed by atoms with E-state index >= 15 is 0 Å². The van der Waals surface area contributed by atoms with Crippen LogP contribution in [0.25, 0.3) is 0 Å². The predicted molar refractivity (Wildman–Crippen MR) is 58.7 cm³/mol. The highest BCUT2D eigenvalue weighted by atomic mass is 32.2. The van der Waals surface area contributed by atoms with Gasteiger partial charge in [0, 0.05) is 5.56 Å². The van der Waals surface area contributed by atoms with Gasteiger partial charge in [0.25, 0.3) is 10.1 Å². The van der Waals surface area contributed by atoms with Crippen LogP contribution in [0, 0.1) is 0 Å². The maximum Gasteiger partial charge on any atom is 0.296 e. The van der Waals surface area contributed by atoms with E-state index in [0.29, 0.717) is 5.75 Å². The molecule has 6 heteroatoms. The van der Waals surface area contributed by atoms with Crippen molar-refractivity contribution in [1.29, 1.82) is 0 Å². The first-order valence-corrected chi connectivity index (χ1v) is 6.22. The average Bonchev–Trinajstić information content (AvgIpc) is 2.14. The van der Waals surface area contributed by atoms with Gasteiger partial charge in [0.1, 0.15) is 5.75 Å². The molecule has 0 bridgehead atoms. The second kappa shape index (κ2) is 4.82. The Kier molecular flexibility index (Phi) is 3.90. The SMILES string of the molecule is CC(C)Oc1cccc(C(O)S(=O)(=O)O)c1. The van der Waals surface area contributed by atoms with Crippen molar-refractivity contribution in [3.63, 3.8) is 0 Å². The van der Waals surface area contributed by atoms with Crippen molar-refractivity contribution >= 4 is 10.1 Å². The highest BCUT2D eigenvalue weighted by Crippen LogP contribution is 2.23. The van der Waals surface area contributed by atoms with Crippen LogP contribution in [0.1, 0.15) is 24.8 Å². The Labute approximate surface area is 94.4 Å². The van der Waals surface area contributed by atoms with Crippen LogP contribution >= 0.6 is 0 Å². The average molecular weight is 246 g/mol. The van der Waals surface area contributed by atoms with Crippen molar-refractivity contribution in [2.24, 2.45) is 0 Å². The molecule has 5 nitrogen and oxygen atoms in total. The summed E-state index contributed by atoms with van der Waals surface area (Å²) in [6, 6.07) is 5.95. The van der Waals surface area contributed by atoms with E-state index in [1.54, 1.807) is 12.1 Å². The summed E-state index contributed by atoms with van der Waals surface area (Å²) in [5, 5.41) is 9.32. The fourth-order valence-corrected chi connectivity index (χ4v) is 1.68. The summed E-state index contributed by atoms with van der Waals surface area (Å²) in [5.74, 6) is 0.440. The Morgan fingerprint density at radius 2 is 1.94 bits per heavy atom. The van der Waals surface area contributed by atoms with Gasteiger partial charge in [0.05, 0.1) is 6.10 Å². The molecule has 90 valence electrons. The molecule has 0 aliphatic heterocycles. The molecule has 1 aromatic carbocycles. The highest BCUT2D eigenvalue weighted by Gasteiger charge is 2.22. The molecular formula is C10H14O5S. The maximum absolute atomic E-state index is 10.7. The molecule has 0 aromatic heterocycles. The van der Waals surface area contributed by atoms with Gasteiger partial charge in [0.15, 0.2) is 0 Å². The molecule has 0 spiro atoms. The smallest absolute Gasteiger partial charge is 0.296 e. The minimum absolute atomic E-state index is 0.0573. The van der Waals surface area contributed by atoms with Gasteiger partial charge in [-0.1, -0.05) is 12.1 Å². The Hall–Kier alpha value is -1.11. The summed E-state index contributed by atoms with van der Waals surface area (Å²) in [4.78, 5) is 0. The Balaban J connectivity index is 2.99. The third-order valence-corrected chi connectivity index (χ3v) is 2.63. The normalized spacial score (nSPS) is 13.8. The Morgan fingerprint density at radius 1 is 1.31 bits per heavy atom. The van der Waals surface area contributed by atoms with E-state index in [1.165, 1.54) is 12.1 Å². The lowest BCUT2D eigenvalue weighted by Crippen LogP contribution is -2.12. The molecule has 1 atom stereocenters. The first kappa shape index (κ1) is 13.0. The van der Waals surface area contributed by atoms with E-state index in [0.717, 1.165) is 0 Å². The predicted octanol–water partition coefficient (Wildman–Crippen LogP) is 1.35. The van der Waals surface area contributed by atoms with Crippen LogP contribution in [0.2, 0.25) is 0 Å². The van der Waals surface area contributed by atoms with Crippen LogP contribution in [0.4, 0.5) is 0 Å². The van der Waals surface area contributed by atoms with Gasteiger partial charge in [-0.3, -0.25) is 4.55 Å². The lowest BCUT2D eigenvalue weighted by Gasteiger charge is -2.12. The van der Waals surface area contributed by atoms with Gasteiger partial charge in [-0.2, -0.15) is 8.42 Å². The minimum Gasteiger partial charge on any atom is -0.491 e. The summed E-state index contributed by atoms with van der Waals surface area (Å²) >= 11 is 0. The Morgan fingerprint density at radius 3 is 2.44 bits per heavy atom. The molecule has 0 amide bonds. The lowest BCUT2D eigenvalue weighted by atomic mass is 10.2. The summed E-state index contributed by atoms with van der Waals surface area (Å²) < 4.78 is 35.5. The number of hydrogen-bond donors (Lipinski definition) is 2. The van der Waals surface area contributed by atoms with Crippen LogP contribution < -0.4 is 4.74 Å². The van der Waals surface area contributed by atoms with E-state index in [4.69, 9.17) is 9.29 Å². The van der Waals surface area contributed by atoms with Crippen molar-refractivity contribution in [2.75, 3.05) is 0 Å². The number of hydrogen-bond acceptors (Lipinski definition) is 4. The van der Waals surface area contributed by atoms with Gasteiger partial charge in [-0.05, 0) is 26.0 Å². The van der Waals surface area contributed by atoms with Gasteiger partial charge < -0.3 is 9.84 Å². The quantitative estimate of drug-likeness (QED) is 0.783. The molecule has 0 saturated carbocycles. The van der Waals surface area contributed by atoms with Gasteiger partial charge in [-0.15, -0.1) is 0 Å². The fourth-order valence-electron chi connectivity index (χ4n) is 1.19. The molecule has 2 N–H and O–H groups in total. The zero-order chi connectivity index (χ0) is 12.3. The first-order valence-electron chi connectivity index (χ1n) is 4.71. The Bertz CT molecular complexity index is 452. The van der Waals surface area contributed by atoms with E-state index in [9.17, 15) is 13.5 Å². The third kappa shape index (κ3) is 3.48. The molecular weight excluding hydrogens is 232 g/mol. The van der Waals surface area contributed by atoms with Gasteiger partial charge in [-0.25, -0.2) is 0 Å². The topological polar surface area (TPSA) is 83.8 Å². The van der Waals surface area contributed by atoms with E-state index in [2.05, 4.69) is 0 Å². The molecule has 0 heterocycles. The standard InChI is InChI=1S/C10H14O5S/c1-7(2)15-9-5-3-4-8(6-9)10(11)16(12,13)14/h3-7,10-11H,1-2H3,(H,12,13,14). The largest absolute Gasteiger partial charge is 0.491 e. The summed E-state index contributed by atoms with van der Waals surface area (Å²) in [6.45, 7) is 3.65. The third-order valence-electron chi connectivity index (χ3n) is 1.80. The van der Waals surface area contributed by atoms with E-state index in [1.807, 2.05) is 13.8 Å². The summed E-state index contributed by atoms with van der Waals surface area (Å²) in [6.07, 6.45) is -0.0573. The number of ether oxygens (including phenoxy) is 1. The molecule has 1 unspecified atom stereocenters. The fraction of sp³-hybridized carbons (Fsp3) is 0.400. The van der Waals surface area contributed by atoms with Gasteiger partial charge in [0.2, 0.25) is 5.44 Å². The van der Waals surface area contributed by atoms with Crippen molar-refractivity contribution in [3.05, 3.63) is 29.8 Å². The number of benzene rings is 1. The van der Waals surface area contributed by atoms with Crippen LogP contribution in [0.3, 0.4) is 0 Å². The molecule has 0 aliphatic carbocycles. The molecule has 1 rings (SSSR count). The monoisotopic (exact) mass is 246 g/mol. The highest BCUT2D eigenvalue weighted by molar-refractivity contribution is 7.85. The maximum atomic E-state index is 10.7. The number of rotatable bonds is 4. The first-order chi connectivity index (χ1) is 7.30. The van der Waals surface area contributed by atoms with Crippen LogP contribution in [0.5, 0.6) is 5.75 Å². The van der Waals surface area contributed by atoms with Crippen LogP contribution in [-0.2, 0) is 10.1 Å². The van der Waals surface area contributed by atoms with Crippen molar-refractivity contribution < 1.29 is 22.8 Å².